The molecular formula is C19H17ClN4O2. The van der Waals surface area contributed by atoms with Crippen molar-refractivity contribution in [1.82, 2.24) is 9.55 Å². The summed E-state index contributed by atoms with van der Waals surface area (Å²) in [5.74, 6) is 0.655. The largest absolute Gasteiger partial charge is 0.509 e. The minimum atomic E-state index is -0.00260. The zero-order valence-electron chi connectivity index (χ0n) is 14.1. The first kappa shape index (κ1) is 16.5. The number of anilines is 1. The summed E-state index contributed by atoms with van der Waals surface area (Å²) in [7, 11) is 0. The summed E-state index contributed by atoms with van der Waals surface area (Å²) < 4.78 is 1.97. The third-order valence-electron chi connectivity index (χ3n) is 4.53. The van der Waals surface area contributed by atoms with E-state index in [4.69, 9.17) is 17.0 Å². The average Bonchev–Trinajstić information content (AvgIpc) is 3.13. The maximum absolute atomic E-state index is 10.6. The Morgan fingerprint density at radius 3 is 2.73 bits per heavy atom. The van der Waals surface area contributed by atoms with Gasteiger partial charge in [0.25, 0.3) is 0 Å². The van der Waals surface area contributed by atoms with Crippen LogP contribution in [0.3, 0.4) is 0 Å². The van der Waals surface area contributed by atoms with Gasteiger partial charge in [-0.05, 0) is 37.3 Å². The number of aryl methyl sites for hydroxylation is 1. The van der Waals surface area contributed by atoms with Crippen molar-refractivity contribution in [3.8, 4) is 5.75 Å². The van der Waals surface area contributed by atoms with E-state index in [2.05, 4.69) is 4.98 Å². The number of hydrogen-bond acceptors (Lipinski definition) is 4. The second-order valence-corrected chi connectivity index (χ2v) is 6.49. The highest BCUT2D eigenvalue weighted by Crippen LogP contribution is 2.37. The zero-order valence-corrected chi connectivity index (χ0v) is 14.8. The Morgan fingerprint density at radius 2 is 1.96 bits per heavy atom. The number of nitrogens with zero attached hydrogens (tertiary/aromatic N) is 3. The molecule has 1 aliphatic rings. The van der Waals surface area contributed by atoms with E-state index in [0.717, 1.165) is 11.0 Å². The van der Waals surface area contributed by atoms with Crippen LogP contribution in [-0.2, 0) is 6.54 Å². The fraction of sp³-hybridized carbons (Fsp3) is 0.158. The number of aromatic nitrogens is 2. The van der Waals surface area contributed by atoms with Gasteiger partial charge >= 0.3 is 0 Å². The summed E-state index contributed by atoms with van der Waals surface area (Å²) in [6.45, 7) is 2.73. The SMILES string of the molecule is CCn1c(C2=C(O)CN(c3cc(Cl)ccc3O)C2=N)nc2ccccc21. The highest BCUT2D eigenvalue weighted by atomic mass is 35.5. The maximum atomic E-state index is 10.6. The molecule has 6 nitrogen and oxygen atoms in total. The molecule has 0 aliphatic carbocycles. The number of phenolic OH excluding ortho intramolecular Hbond substituents is 1. The van der Waals surface area contributed by atoms with Crippen LogP contribution in [0.2, 0.25) is 5.02 Å². The van der Waals surface area contributed by atoms with Crippen LogP contribution in [0, 0.1) is 5.41 Å². The number of fused-ring (bicyclic) bond motifs is 1. The maximum Gasteiger partial charge on any atom is 0.148 e. The van der Waals surface area contributed by atoms with Crippen LogP contribution < -0.4 is 4.90 Å². The number of aliphatic hydroxyl groups excluding tert-OH is 1. The number of nitrogens with one attached hydrogen (secondary N) is 1. The predicted octanol–water partition coefficient (Wildman–Crippen LogP) is 4.18. The molecule has 3 N–H and O–H groups in total. The van der Waals surface area contributed by atoms with E-state index >= 15 is 0 Å². The summed E-state index contributed by atoms with van der Waals surface area (Å²) in [5, 5.41) is 29.8. The lowest BCUT2D eigenvalue weighted by atomic mass is 10.2. The number of benzene rings is 2. The van der Waals surface area contributed by atoms with Gasteiger partial charge in [-0.25, -0.2) is 4.98 Å². The molecule has 0 spiro atoms. The van der Waals surface area contributed by atoms with Crippen LogP contribution >= 0.6 is 11.6 Å². The molecule has 0 amide bonds. The summed E-state index contributed by atoms with van der Waals surface area (Å²) in [5.41, 5.74) is 2.49. The monoisotopic (exact) mass is 368 g/mol. The number of aromatic hydroxyl groups is 1. The average molecular weight is 369 g/mol. The van der Waals surface area contributed by atoms with Crippen LogP contribution in [0.15, 0.2) is 48.2 Å². The van der Waals surface area contributed by atoms with E-state index in [-0.39, 0.29) is 23.9 Å². The fourth-order valence-electron chi connectivity index (χ4n) is 3.32. The molecule has 2 aromatic carbocycles. The van der Waals surface area contributed by atoms with E-state index in [0.29, 0.717) is 28.7 Å². The molecule has 0 unspecified atom stereocenters. The first-order chi connectivity index (χ1) is 12.5. The van der Waals surface area contributed by atoms with Gasteiger partial charge in [0.15, 0.2) is 0 Å². The molecule has 1 aromatic heterocycles. The van der Waals surface area contributed by atoms with Crippen molar-refractivity contribution in [1.29, 1.82) is 5.41 Å². The lowest BCUT2D eigenvalue weighted by Crippen LogP contribution is -2.26. The van der Waals surface area contributed by atoms with E-state index in [1.54, 1.807) is 12.1 Å². The molecule has 0 atom stereocenters. The van der Waals surface area contributed by atoms with Crippen LogP contribution in [-0.4, -0.2) is 32.1 Å². The van der Waals surface area contributed by atoms with E-state index in [9.17, 15) is 10.2 Å². The van der Waals surface area contributed by atoms with Crippen molar-refractivity contribution in [2.75, 3.05) is 11.4 Å². The Bertz CT molecular complexity index is 1070. The summed E-state index contributed by atoms with van der Waals surface area (Å²) in [6.07, 6.45) is 0. The second-order valence-electron chi connectivity index (χ2n) is 6.06. The minimum Gasteiger partial charge on any atom is -0.509 e. The van der Waals surface area contributed by atoms with Gasteiger partial charge in [-0.15, -0.1) is 0 Å². The van der Waals surface area contributed by atoms with Gasteiger partial charge in [-0.1, -0.05) is 23.7 Å². The molecule has 7 heteroatoms. The summed E-state index contributed by atoms with van der Waals surface area (Å²) in [6, 6.07) is 12.3. The number of hydrogen-bond donors (Lipinski definition) is 3. The van der Waals surface area contributed by atoms with Crippen LogP contribution in [0.5, 0.6) is 5.75 Å². The van der Waals surface area contributed by atoms with Crippen molar-refractivity contribution in [3.63, 3.8) is 0 Å². The third-order valence-corrected chi connectivity index (χ3v) is 4.76. The molecule has 2 heterocycles. The normalized spacial score (nSPS) is 14.7. The lowest BCUT2D eigenvalue weighted by Gasteiger charge is -2.20. The Morgan fingerprint density at radius 1 is 1.19 bits per heavy atom. The molecule has 0 saturated heterocycles. The molecule has 3 aromatic rings. The quantitative estimate of drug-likeness (QED) is 0.647. The number of phenols is 1. The molecular weight excluding hydrogens is 352 g/mol. The zero-order chi connectivity index (χ0) is 18.4. The van der Waals surface area contributed by atoms with Gasteiger partial charge in [-0.3, -0.25) is 5.41 Å². The Labute approximate surface area is 155 Å². The van der Waals surface area contributed by atoms with Crippen molar-refractivity contribution >= 4 is 39.7 Å². The van der Waals surface area contributed by atoms with Gasteiger partial charge in [0, 0.05) is 11.6 Å². The number of imidazole rings is 1. The van der Waals surface area contributed by atoms with Crippen LogP contribution in [0.1, 0.15) is 12.7 Å². The summed E-state index contributed by atoms with van der Waals surface area (Å²) in [4.78, 5) is 6.14. The first-order valence-electron chi connectivity index (χ1n) is 8.24. The number of rotatable bonds is 3. The Hall–Kier alpha value is -2.99. The molecule has 0 saturated carbocycles. The molecule has 26 heavy (non-hydrogen) atoms. The number of amidine groups is 1. The van der Waals surface area contributed by atoms with Crippen molar-refractivity contribution < 1.29 is 10.2 Å². The Balaban J connectivity index is 1.82. The fourth-order valence-corrected chi connectivity index (χ4v) is 3.49. The van der Waals surface area contributed by atoms with Crippen LogP contribution in [0.4, 0.5) is 5.69 Å². The van der Waals surface area contributed by atoms with Crippen molar-refractivity contribution in [2.45, 2.75) is 13.5 Å². The number of para-hydroxylation sites is 2. The second kappa shape index (κ2) is 6.07. The predicted molar refractivity (Wildman–Crippen MR) is 103 cm³/mol. The van der Waals surface area contributed by atoms with Crippen molar-refractivity contribution in [3.05, 3.63) is 59.1 Å². The first-order valence-corrected chi connectivity index (χ1v) is 8.61. The molecule has 132 valence electrons. The minimum absolute atomic E-state index is 0.00260. The van der Waals surface area contributed by atoms with E-state index in [1.165, 1.54) is 11.0 Å². The molecule has 0 bridgehead atoms. The Kier molecular flexibility index (Phi) is 3.85. The van der Waals surface area contributed by atoms with Crippen LogP contribution in [0.25, 0.3) is 16.6 Å². The molecule has 0 fully saturated rings. The smallest absolute Gasteiger partial charge is 0.148 e. The molecule has 0 radical (unpaired) electrons. The highest BCUT2D eigenvalue weighted by molar-refractivity contribution is 6.33. The topological polar surface area (TPSA) is 85.4 Å². The standard InChI is InChI=1S/C19H17ClN4O2/c1-2-23-13-6-4-3-5-12(13)22-19(23)17-16(26)10-24(18(17)21)14-9-11(20)7-8-15(14)25/h3-9,21,25-26H,2,10H2,1H3. The molecule has 4 rings (SSSR count). The summed E-state index contributed by atoms with van der Waals surface area (Å²) >= 11 is 6.03. The third kappa shape index (κ3) is 2.42. The molecule has 1 aliphatic heterocycles. The van der Waals surface area contributed by atoms with Gasteiger partial charge in [-0.2, -0.15) is 0 Å². The van der Waals surface area contributed by atoms with Gasteiger partial charge in [0.2, 0.25) is 0 Å². The van der Waals surface area contributed by atoms with Gasteiger partial charge in [0.05, 0.1) is 28.8 Å². The number of halogens is 1. The van der Waals surface area contributed by atoms with Gasteiger partial charge in [0.1, 0.15) is 23.2 Å². The number of aliphatic hydroxyl groups is 1. The van der Waals surface area contributed by atoms with Gasteiger partial charge < -0.3 is 19.7 Å². The lowest BCUT2D eigenvalue weighted by molar-refractivity contribution is 0.410. The van der Waals surface area contributed by atoms with Crippen molar-refractivity contribution in [2.24, 2.45) is 0 Å². The van der Waals surface area contributed by atoms with E-state index in [1.807, 2.05) is 35.8 Å². The highest BCUT2D eigenvalue weighted by Gasteiger charge is 2.33. The van der Waals surface area contributed by atoms with E-state index < -0.39 is 0 Å².